The van der Waals surface area contributed by atoms with Gasteiger partial charge in [-0.15, -0.1) is 0 Å². The van der Waals surface area contributed by atoms with E-state index < -0.39 is 12.1 Å². The van der Waals surface area contributed by atoms with Crippen LogP contribution in [0.5, 0.6) is 5.75 Å². The van der Waals surface area contributed by atoms with E-state index in [2.05, 4.69) is 23.1 Å². The van der Waals surface area contributed by atoms with Crippen molar-refractivity contribution in [1.29, 1.82) is 0 Å². The summed E-state index contributed by atoms with van der Waals surface area (Å²) in [5, 5.41) is 10.0. The van der Waals surface area contributed by atoms with Crippen LogP contribution in [0.15, 0.2) is 48.5 Å². The number of hydrogen-bond donors (Lipinski definition) is 1. The van der Waals surface area contributed by atoms with Crippen molar-refractivity contribution in [3.8, 4) is 5.75 Å². The summed E-state index contributed by atoms with van der Waals surface area (Å²) in [6.45, 7) is 7.59. The number of benzene rings is 2. The second kappa shape index (κ2) is 11.3. The Balaban J connectivity index is 1.44. The van der Waals surface area contributed by atoms with Crippen LogP contribution in [0.1, 0.15) is 30.0 Å². The molecule has 0 bridgehead atoms. The highest BCUT2D eigenvalue weighted by molar-refractivity contribution is 6.31. The lowest BCUT2D eigenvalue weighted by Crippen LogP contribution is -2.32. The Bertz CT molecular complexity index is 910. The third-order valence-electron chi connectivity index (χ3n) is 5.49. The average Bonchev–Trinajstić information content (AvgIpc) is 2.77. The molecule has 0 saturated carbocycles. The Morgan fingerprint density at radius 3 is 2.61 bits per heavy atom. The van der Waals surface area contributed by atoms with Crippen molar-refractivity contribution in [2.24, 2.45) is 0 Å². The lowest BCUT2D eigenvalue weighted by Gasteiger charge is -2.26. The molecule has 1 atom stereocenters. The Hall–Kier alpha value is -2.34. The normalized spacial score (nSPS) is 15.4. The first-order chi connectivity index (χ1) is 15.0. The Morgan fingerprint density at radius 1 is 1.23 bits per heavy atom. The molecule has 6 heteroatoms. The molecule has 1 aliphatic rings. The molecular weight excluding hydrogens is 414 g/mol. The molecule has 1 aliphatic heterocycles. The standard InChI is InChI=1S/C25H30ClNO4/c1-3-30-24(25(28)29)17-19-4-7-22(8-5-19)31-15-14-27-12-10-20(11-13-27)21-6-9-23(26)18(2)16-21/h4-10,16,24H,3,11-15,17H2,1-2H3,(H,28,29). The molecule has 166 valence electrons. The molecule has 0 aliphatic carbocycles. The zero-order valence-corrected chi connectivity index (χ0v) is 18.9. The van der Waals surface area contributed by atoms with Gasteiger partial charge in [0.25, 0.3) is 0 Å². The molecule has 1 heterocycles. The fourth-order valence-corrected chi connectivity index (χ4v) is 3.79. The lowest BCUT2D eigenvalue weighted by atomic mass is 9.98. The van der Waals surface area contributed by atoms with Crippen molar-refractivity contribution >= 4 is 23.1 Å². The number of carbonyl (C=O) groups is 1. The Labute approximate surface area is 189 Å². The lowest BCUT2D eigenvalue weighted by molar-refractivity contribution is -0.149. The molecule has 3 rings (SSSR count). The number of hydrogen-bond acceptors (Lipinski definition) is 4. The van der Waals surface area contributed by atoms with Gasteiger partial charge in [0.05, 0.1) is 0 Å². The molecule has 0 fully saturated rings. The second-order valence-electron chi connectivity index (χ2n) is 7.72. The molecule has 2 aromatic carbocycles. The van der Waals surface area contributed by atoms with E-state index in [1.54, 1.807) is 6.92 Å². The highest BCUT2D eigenvalue weighted by Gasteiger charge is 2.18. The van der Waals surface area contributed by atoms with Gasteiger partial charge in [0, 0.05) is 37.7 Å². The molecule has 0 saturated heterocycles. The van der Waals surface area contributed by atoms with Crippen LogP contribution in [0.4, 0.5) is 0 Å². The monoisotopic (exact) mass is 443 g/mol. The van der Waals surface area contributed by atoms with Crippen molar-refractivity contribution in [1.82, 2.24) is 4.90 Å². The van der Waals surface area contributed by atoms with E-state index in [-0.39, 0.29) is 0 Å². The summed E-state index contributed by atoms with van der Waals surface area (Å²) in [6, 6.07) is 13.8. The Morgan fingerprint density at radius 2 is 2.00 bits per heavy atom. The first-order valence-corrected chi connectivity index (χ1v) is 11.1. The number of ether oxygens (including phenoxy) is 2. The van der Waals surface area contributed by atoms with Crippen molar-refractivity contribution in [2.75, 3.05) is 32.8 Å². The zero-order valence-electron chi connectivity index (χ0n) is 18.1. The fourth-order valence-electron chi connectivity index (χ4n) is 3.67. The molecule has 0 amide bonds. The number of carboxylic acids is 1. The fraction of sp³-hybridized carbons (Fsp3) is 0.400. The molecular formula is C25H30ClNO4. The van der Waals surface area contributed by atoms with Gasteiger partial charge in [0.2, 0.25) is 0 Å². The van der Waals surface area contributed by atoms with Crippen molar-refractivity contribution in [3.63, 3.8) is 0 Å². The highest BCUT2D eigenvalue weighted by Crippen LogP contribution is 2.26. The number of rotatable bonds is 10. The van der Waals surface area contributed by atoms with E-state index in [4.69, 9.17) is 21.1 Å². The van der Waals surface area contributed by atoms with Gasteiger partial charge < -0.3 is 14.6 Å². The third kappa shape index (κ3) is 6.82. The molecule has 1 N–H and O–H groups in total. The summed E-state index contributed by atoms with van der Waals surface area (Å²) < 4.78 is 11.1. The smallest absolute Gasteiger partial charge is 0.333 e. The quantitative estimate of drug-likeness (QED) is 0.568. The molecule has 1 unspecified atom stereocenters. The first kappa shape index (κ1) is 23.3. The van der Waals surface area contributed by atoms with Crippen LogP contribution in [-0.2, 0) is 16.0 Å². The number of aryl methyl sites for hydroxylation is 1. The predicted molar refractivity (Wildman–Crippen MR) is 124 cm³/mol. The van der Waals surface area contributed by atoms with E-state index in [1.807, 2.05) is 37.3 Å². The van der Waals surface area contributed by atoms with Crippen LogP contribution in [0.2, 0.25) is 5.02 Å². The number of carboxylic acid groups (broad SMARTS) is 1. The summed E-state index contributed by atoms with van der Waals surface area (Å²) in [5.41, 5.74) is 4.66. The molecule has 5 nitrogen and oxygen atoms in total. The van der Waals surface area contributed by atoms with Crippen LogP contribution < -0.4 is 4.74 Å². The van der Waals surface area contributed by atoms with E-state index in [0.29, 0.717) is 19.6 Å². The predicted octanol–water partition coefficient (Wildman–Crippen LogP) is 4.85. The van der Waals surface area contributed by atoms with Gasteiger partial charge in [0.15, 0.2) is 6.10 Å². The van der Waals surface area contributed by atoms with Crippen LogP contribution in [0.25, 0.3) is 5.57 Å². The maximum Gasteiger partial charge on any atom is 0.333 e. The minimum atomic E-state index is -0.938. The van der Waals surface area contributed by atoms with Crippen LogP contribution >= 0.6 is 11.6 Å². The summed E-state index contributed by atoms with van der Waals surface area (Å²) in [6.07, 6.45) is 2.84. The van der Waals surface area contributed by atoms with E-state index in [9.17, 15) is 9.90 Å². The van der Waals surface area contributed by atoms with Crippen LogP contribution in [-0.4, -0.2) is 54.9 Å². The van der Waals surface area contributed by atoms with Gasteiger partial charge in [-0.05, 0) is 60.7 Å². The molecule has 0 aromatic heterocycles. The van der Waals surface area contributed by atoms with Crippen molar-refractivity contribution in [2.45, 2.75) is 32.8 Å². The molecule has 31 heavy (non-hydrogen) atoms. The van der Waals surface area contributed by atoms with Crippen LogP contribution in [0, 0.1) is 6.92 Å². The topological polar surface area (TPSA) is 59.0 Å². The van der Waals surface area contributed by atoms with E-state index in [0.717, 1.165) is 48.0 Å². The summed E-state index contributed by atoms with van der Waals surface area (Å²) in [5.74, 6) is -0.149. The summed E-state index contributed by atoms with van der Waals surface area (Å²) >= 11 is 6.14. The summed E-state index contributed by atoms with van der Waals surface area (Å²) in [7, 11) is 0. The maximum atomic E-state index is 11.2. The SMILES string of the molecule is CCOC(Cc1ccc(OCCN2CC=C(c3ccc(Cl)c(C)c3)CC2)cc1)C(=O)O. The van der Waals surface area contributed by atoms with Gasteiger partial charge in [-0.3, -0.25) is 4.90 Å². The Kier molecular flexibility index (Phi) is 8.52. The molecule has 2 aromatic rings. The number of nitrogens with zero attached hydrogens (tertiary/aromatic N) is 1. The molecule has 0 radical (unpaired) electrons. The van der Waals surface area contributed by atoms with Crippen LogP contribution in [0.3, 0.4) is 0 Å². The van der Waals surface area contributed by atoms with Gasteiger partial charge in [-0.25, -0.2) is 4.79 Å². The van der Waals surface area contributed by atoms with Gasteiger partial charge in [-0.2, -0.15) is 0 Å². The van der Waals surface area contributed by atoms with E-state index in [1.165, 1.54) is 11.1 Å². The summed E-state index contributed by atoms with van der Waals surface area (Å²) in [4.78, 5) is 13.6. The minimum absolute atomic E-state index is 0.346. The van der Waals surface area contributed by atoms with Gasteiger partial charge >= 0.3 is 5.97 Å². The average molecular weight is 444 g/mol. The minimum Gasteiger partial charge on any atom is -0.492 e. The first-order valence-electron chi connectivity index (χ1n) is 10.7. The zero-order chi connectivity index (χ0) is 22.2. The third-order valence-corrected chi connectivity index (χ3v) is 5.91. The second-order valence-corrected chi connectivity index (χ2v) is 8.13. The number of halogens is 1. The highest BCUT2D eigenvalue weighted by atomic mass is 35.5. The van der Waals surface area contributed by atoms with Gasteiger partial charge in [0.1, 0.15) is 12.4 Å². The van der Waals surface area contributed by atoms with E-state index >= 15 is 0 Å². The van der Waals surface area contributed by atoms with Gasteiger partial charge in [-0.1, -0.05) is 41.9 Å². The van der Waals surface area contributed by atoms with Crippen molar-refractivity contribution in [3.05, 3.63) is 70.3 Å². The largest absolute Gasteiger partial charge is 0.492 e. The maximum absolute atomic E-state index is 11.2. The van der Waals surface area contributed by atoms with Crippen molar-refractivity contribution < 1.29 is 19.4 Å². The molecule has 0 spiro atoms. The number of aliphatic carboxylic acids is 1.